The summed E-state index contributed by atoms with van der Waals surface area (Å²) in [6.45, 7) is 1.40. The van der Waals surface area contributed by atoms with Gasteiger partial charge in [-0.2, -0.15) is 5.10 Å². The Morgan fingerprint density at radius 3 is 2.86 bits per heavy atom. The predicted molar refractivity (Wildman–Crippen MR) is 109 cm³/mol. The molecule has 0 bridgehead atoms. The van der Waals surface area contributed by atoms with Gasteiger partial charge in [0.25, 0.3) is 0 Å². The van der Waals surface area contributed by atoms with Crippen molar-refractivity contribution in [2.24, 2.45) is 5.92 Å². The number of piperidine rings is 1. The van der Waals surface area contributed by atoms with Gasteiger partial charge in [0, 0.05) is 36.6 Å². The summed E-state index contributed by atoms with van der Waals surface area (Å²) in [5, 5.41) is 8.08. The average molecular weight is 417 g/mol. The van der Waals surface area contributed by atoms with Crippen LogP contribution in [0.4, 0.5) is 11.5 Å². The Labute approximate surface area is 172 Å². The molecule has 1 saturated heterocycles. The first-order valence-electron chi connectivity index (χ1n) is 8.93. The van der Waals surface area contributed by atoms with Gasteiger partial charge in [-0.15, -0.1) is 0 Å². The van der Waals surface area contributed by atoms with E-state index in [2.05, 4.69) is 25.3 Å². The third kappa shape index (κ3) is 4.10. The molecule has 2 aromatic heterocycles. The van der Waals surface area contributed by atoms with E-state index in [0.717, 1.165) is 25.2 Å². The third-order valence-electron chi connectivity index (χ3n) is 4.68. The van der Waals surface area contributed by atoms with Gasteiger partial charge in [0.2, 0.25) is 5.91 Å². The highest BCUT2D eigenvalue weighted by molar-refractivity contribution is 6.35. The van der Waals surface area contributed by atoms with Gasteiger partial charge in [0.05, 0.1) is 16.6 Å². The molecule has 7 nitrogen and oxygen atoms in total. The number of amides is 1. The van der Waals surface area contributed by atoms with Crippen molar-refractivity contribution < 1.29 is 4.79 Å². The molecule has 1 fully saturated rings. The molecular weight excluding hydrogens is 399 g/mol. The maximum absolute atomic E-state index is 12.8. The molecule has 9 heteroatoms. The Hall–Kier alpha value is -2.64. The van der Waals surface area contributed by atoms with E-state index in [-0.39, 0.29) is 11.8 Å². The van der Waals surface area contributed by atoms with Crippen molar-refractivity contribution >= 4 is 40.6 Å². The van der Waals surface area contributed by atoms with Crippen LogP contribution in [0.15, 0.2) is 49.1 Å². The minimum absolute atomic E-state index is 0.0739. The van der Waals surface area contributed by atoms with Crippen molar-refractivity contribution in [2.75, 3.05) is 23.3 Å². The summed E-state index contributed by atoms with van der Waals surface area (Å²) in [6, 6.07) is 8.73. The molecule has 3 aromatic rings. The molecule has 0 saturated carbocycles. The number of aromatic nitrogens is 4. The fraction of sp³-hybridized carbons (Fsp3) is 0.263. The van der Waals surface area contributed by atoms with E-state index < -0.39 is 0 Å². The van der Waals surface area contributed by atoms with Gasteiger partial charge in [-0.1, -0.05) is 23.2 Å². The molecule has 4 rings (SSSR count). The highest BCUT2D eigenvalue weighted by Gasteiger charge is 2.27. The third-order valence-corrected chi connectivity index (χ3v) is 5.24. The number of halogens is 2. The maximum Gasteiger partial charge on any atom is 0.229 e. The van der Waals surface area contributed by atoms with Crippen LogP contribution in [0.25, 0.3) is 5.82 Å². The summed E-state index contributed by atoms with van der Waals surface area (Å²) in [6.07, 6.45) is 6.74. The lowest BCUT2D eigenvalue weighted by Gasteiger charge is -2.33. The molecule has 1 atom stereocenters. The number of hydrogen-bond acceptors (Lipinski definition) is 5. The van der Waals surface area contributed by atoms with Crippen molar-refractivity contribution in [3.63, 3.8) is 0 Å². The van der Waals surface area contributed by atoms with Crippen molar-refractivity contribution in [1.29, 1.82) is 0 Å². The van der Waals surface area contributed by atoms with Crippen LogP contribution >= 0.6 is 23.2 Å². The molecule has 0 aliphatic carbocycles. The first-order chi connectivity index (χ1) is 13.6. The number of rotatable bonds is 4. The molecule has 1 amide bonds. The van der Waals surface area contributed by atoms with Crippen LogP contribution in [0.1, 0.15) is 12.8 Å². The number of nitrogens with zero attached hydrogens (tertiary/aromatic N) is 5. The van der Waals surface area contributed by atoms with E-state index in [4.69, 9.17) is 23.2 Å². The topological polar surface area (TPSA) is 75.9 Å². The zero-order chi connectivity index (χ0) is 19.5. The molecule has 1 aliphatic rings. The van der Waals surface area contributed by atoms with Crippen molar-refractivity contribution in [2.45, 2.75) is 12.8 Å². The number of anilines is 2. The molecule has 1 aliphatic heterocycles. The van der Waals surface area contributed by atoms with Crippen LogP contribution in [-0.2, 0) is 4.79 Å². The average Bonchev–Trinajstić information content (AvgIpc) is 3.26. The minimum atomic E-state index is -0.174. The molecule has 0 spiro atoms. The van der Waals surface area contributed by atoms with Gasteiger partial charge in [-0.25, -0.2) is 14.6 Å². The Morgan fingerprint density at radius 2 is 2.04 bits per heavy atom. The number of nitrogens with one attached hydrogen (secondary N) is 1. The fourth-order valence-corrected chi connectivity index (χ4v) is 3.60. The van der Waals surface area contributed by atoms with Crippen LogP contribution < -0.4 is 10.2 Å². The summed E-state index contributed by atoms with van der Waals surface area (Å²) >= 11 is 12.2. The molecule has 1 unspecified atom stereocenters. The lowest BCUT2D eigenvalue weighted by Crippen LogP contribution is -2.41. The SMILES string of the molecule is O=C(Nc1cc(Cl)ccc1Cl)C1CCCN(c2cc(-n3cccn3)ncn2)C1. The number of hydrogen-bond donors (Lipinski definition) is 1. The highest BCUT2D eigenvalue weighted by atomic mass is 35.5. The Morgan fingerprint density at radius 1 is 1.18 bits per heavy atom. The number of carbonyl (C=O) groups is 1. The summed E-state index contributed by atoms with van der Waals surface area (Å²) in [4.78, 5) is 23.5. The number of benzene rings is 1. The molecule has 144 valence electrons. The second-order valence-corrected chi connectivity index (χ2v) is 7.43. The van der Waals surface area contributed by atoms with Gasteiger partial charge >= 0.3 is 0 Å². The van der Waals surface area contributed by atoms with Crippen molar-refractivity contribution in [3.05, 3.63) is 59.1 Å². The van der Waals surface area contributed by atoms with Gasteiger partial charge in [-0.05, 0) is 37.1 Å². The zero-order valence-electron chi connectivity index (χ0n) is 14.9. The molecular formula is C19H18Cl2N6O. The van der Waals surface area contributed by atoms with Gasteiger partial charge in [0.1, 0.15) is 12.1 Å². The van der Waals surface area contributed by atoms with Crippen LogP contribution in [0, 0.1) is 5.92 Å². The van der Waals surface area contributed by atoms with Gasteiger partial charge in [-0.3, -0.25) is 4.79 Å². The Balaban J connectivity index is 1.48. The lowest BCUT2D eigenvalue weighted by atomic mass is 9.97. The molecule has 1 aromatic carbocycles. The zero-order valence-corrected chi connectivity index (χ0v) is 16.4. The maximum atomic E-state index is 12.8. The standard InChI is InChI=1S/C19H18Cl2N6O/c20-14-4-5-15(21)16(9-14)25-19(28)13-3-1-7-26(11-13)17-10-18(23-12-22-17)27-8-2-6-24-27/h2,4-6,8-10,12-13H,1,3,7,11H2,(H,25,28). The van der Waals surface area contributed by atoms with Crippen molar-refractivity contribution in [1.82, 2.24) is 19.7 Å². The van der Waals surface area contributed by atoms with E-state index in [1.54, 1.807) is 29.1 Å². The smallest absolute Gasteiger partial charge is 0.229 e. The summed E-state index contributed by atoms with van der Waals surface area (Å²) in [7, 11) is 0. The van der Waals surface area contributed by atoms with E-state index in [9.17, 15) is 4.79 Å². The molecule has 28 heavy (non-hydrogen) atoms. The minimum Gasteiger partial charge on any atom is -0.356 e. The monoisotopic (exact) mass is 416 g/mol. The lowest BCUT2D eigenvalue weighted by molar-refractivity contribution is -0.120. The highest BCUT2D eigenvalue weighted by Crippen LogP contribution is 2.28. The first kappa shape index (κ1) is 18.7. The van der Waals surface area contributed by atoms with E-state index in [1.165, 1.54) is 6.33 Å². The van der Waals surface area contributed by atoms with E-state index in [1.807, 2.05) is 18.3 Å². The second-order valence-electron chi connectivity index (χ2n) is 6.58. The normalized spacial score (nSPS) is 16.8. The second kappa shape index (κ2) is 8.16. The van der Waals surface area contributed by atoms with Gasteiger partial charge in [0.15, 0.2) is 5.82 Å². The summed E-state index contributed by atoms with van der Waals surface area (Å²) in [5.74, 6) is 1.22. The quantitative estimate of drug-likeness (QED) is 0.699. The summed E-state index contributed by atoms with van der Waals surface area (Å²) in [5.41, 5.74) is 0.527. The van der Waals surface area contributed by atoms with Crippen LogP contribution in [0.5, 0.6) is 0 Å². The molecule has 3 heterocycles. The van der Waals surface area contributed by atoms with Crippen LogP contribution in [0.2, 0.25) is 10.0 Å². The van der Waals surface area contributed by atoms with Crippen molar-refractivity contribution in [3.8, 4) is 5.82 Å². The summed E-state index contributed by atoms with van der Waals surface area (Å²) < 4.78 is 1.68. The van der Waals surface area contributed by atoms with Crippen LogP contribution in [-0.4, -0.2) is 38.7 Å². The number of carbonyl (C=O) groups excluding carboxylic acids is 1. The molecule has 0 radical (unpaired) electrons. The van der Waals surface area contributed by atoms with Gasteiger partial charge < -0.3 is 10.2 Å². The fourth-order valence-electron chi connectivity index (χ4n) is 3.27. The van der Waals surface area contributed by atoms with E-state index in [0.29, 0.717) is 28.1 Å². The predicted octanol–water partition coefficient (Wildman–Crippen LogP) is 3.82. The Kier molecular flexibility index (Phi) is 5.45. The molecule has 1 N–H and O–H groups in total. The van der Waals surface area contributed by atoms with Crippen LogP contribution in [0.3, 0.4) is 0 Å². The largest absolute Gasteiger partial charge is 0.356 e. The van der Waals surface area contributed by atoms with E-state index >= 15 is 0 Å². The first-order valence-corrected chi connectivity index (χ1v) is 9.68. The Bertz CT molecular complexity index is 978.